The third kappa shape index (κ3) is 6.46. The molecule has 11 heteroatoms. The number of hydrogen-bond donors (Lipinski definition) is 2. The summed E-state index contributed by atoms with van der Waals surface area (Å²) < 4.78 is 11.4. The lowest BCUT2D eigenvalue weighted by molar-refractivity contribution is -0.170. The summed E-state index contributed by atoms with van der Waals surface area (Å²) in [6, 6.07) is 0. The Kier molecular flexibility index (Phi) is 8.51. The summed E-state index contributed by atoms with van der Waals surface area (Å²) >= 11 is 5.70. The van der Waals surface area contributed by atoms with E-state index in [1.165, 1.54) is 18.6 Å². The normalized spacial score (nSPS) is 16.9. The topological polar surface area (TPSA) is 142 Å². The van der Waals surface area contributed by atoms with Crippen molar-refractivity contribution in [3.05, 3.63) is 35.9 Å². The van der Waals surface area contributed by atoms with E-state index in [4.69, 9.17) is 26.8 Å². The predicted molar refractivity (Wildman–Crippen MR) is 127 cm³/mol. The molecule has 0 unspecified atom stereocenters. The SMILES string of the molecule is CC(C)(C)C(=O)Nc1cnncc1C(=O)C1CC1.Nc1cnncc1C1(CCCCl)OCCO1. The van der Waals surface area contributed by atoms with Gasteiger partial charge in [0, 0.05) is 23.6 Å². The molecule has 1 aliphatic carbocycles. The molecule has 0 radical (unpaired) electrons. The maximum Gasteiger partial charge on any atom is 0.229 e. The van der Waals surface area contributed by atoms with Gasteiger partial charge in [0.05, 0.1) is 60.5 Å². The highest BCUT2D eigenvalue weighted by Crippen LogP contribution is 2.38. The number of amides is 1. The molecule has 4 rings (SSSR count). The van der Waals surface area contributed by atoms with Crippen molar-refractivity contribution in [3.8, 4) is 0 Å². The zero-order valence-electron chi connectivity index (χ0n) is 19.7. The van der Waals surface area contributed by atoms with Crippen LogP contribution in [-0.2, 0) is 20.1 Å². The number of halogens is 1. The van der Waals surface area contributed by atoms with Crippen LogP contribution in [-0.4, -0.2) is 51.2 Å². The average Bonchev–Trinajstić information content (AvgIpc) is 3.56. The summed E-state index contributed by atoms with van der Waals surface area (Å²) in [5.74, 6) is -0.212. The Hall–Kier alpha value is -2.69. The van der Waals surface area contributed by atoms with Crippen LogP contribution >= 0.6 is 11.6 Å². The number of nitrogen functional groups attached to an aromatic ring is 1. The van der Waals surface area contributed by atoms with Gasteiger partial charge in [0.25, 0.3) is 0 Å². The fourth-order valence-corrected chi connectivity index (χ4v) is 3.46. The zero-order valence-corrected chi connectivity index (χ0v) is 20.5. The number of ketones is 1. The number of ether oxygens (including phenoxy) is 2. The van der Waals surface area contributed by atoms with Crippen LogP contribution in [0.5, 0.6) is 0 Å². The first-order valence-electron chi connectivity index (χ1n) is 11.2. The lowest BCUT2D eigenvalue weighted by Gasteiger charge is -2.28. The second kappa shape index (κ2) is 11.2. The van der Waals surface area contributed by atoms with E-state index >= 15 is 0 Å². The number of hydrogen-bond acceptors (Lipinski definition) is 9. The van der Waals surface area contributed by atoms with Gasteiger partial charge >= 0.3 is 0 Å². The molecular weight excluding hydrogens is 460 g/mol. The maximum absolute atomic E-state index is 12.0. The van der Waals surface area contributed by atoms with E-state index in [-0.39, 0.29) is 17.6 Å². The number of alkyl halides is 1. The van der Waals surface area contributed by atoms with Crippen LogP contribution in [0.1, 0.15) is 62.4 Å². The molecule has 1 saturated heterocycles. The van der Waals surface area contributed by atoms with Gasteiger partial charge in [0.1, 0.15) is 0 Å². The molecule has 34 heavy (non-hydrogen) atoms. The molecule has 10 nitrogen and oxygen atoms in total. The fraction of sp³-hybridized carbons (Fsp3) is 0.565. The molecule has 1 aliphatic heterocycles. The van der Waals surface area contributed by atoms with Crippen LogP contribution in [0.4, 0.5) is 11.4 Å². The van der Waals surface area contributed by atoms with Crippen molar-refractivity contribution in [2.75, 3.05) is 30.1 Å². The molecule has 184 valence electrons. The summed E-state index contributed by atoms with van der Waals surface area (Å²) in [4.78, 5) is 24.0. The second-order valence-electron chi connectivity index (χ2n) is 9.26. The molecule has 2 aliphatic rings. The summed E-state index contributed by atoms with van der Waals surface area (Å²) in [6.07, 6.45) is 9.27. The number of Topliss-reactive ketones (excluding diaryl/α,β-unsaturated/α-hetero) is 1. The van der Waals surface area contributed by atoms with Crippen LogP contribution in [0.3, 0.4) is 0 Å². The van der Waals surface area contributed by atoms with E-state index < -0.39 is 11.2 Å². The minimum atomic E-state index is -0.783. The van der Waals surface area contributed by atoms with Gasteiger partial charge in [0.2, 0.25) is 5.91 Å². The number of nitrogens with one attached hydrogen (secondary N) is 1. The number of carbonyl (C=O) groups excluding carboxylic acids is 2. The van der Waals surface area contributed by atoms with Gasteiger partial charge in [-0.1, -0.05) is 20.8 Å². The first kappa shape index (κ1) is 25.9. The van der Waals surface area contributed by atoms with E-state index in [1.807, 2.05) is 20.8 Å². The van der Waals surface area contributed by atoms with Crippen LogP contribution < -0.4 is 11.1 Å². The highest BCUT2D eigenvalue weighted by Gasteiger charge is 2.40. The molecule has 1 saturated carbocycles. The van der Waals surface area contributed by atoms with Crippen molar-refractivity contribution < 1.29 is 19.1 Å². The van der Waals surface area contributed by atoms with Gasteiger partial charge in [-0.25, -0.2) is 0 Å². The highest BCUT2D eigenvalue weighted by molar-refractivity contribution is 6.17. The molecule has 0 aromatic carbocycles. The van der Waals surface area contributed by atoms with Gasteiger partial charge in [-0.2, -0.15) is 20.4 Å². The van der Waals surface area contributed by atoms with Crippen molar-refractivity contribution in [3.63, 3.8) is 0 Å². The molecule has 0 spiro atoms. The average molecular weight is 491 g/mol. The monoisotopic (exact) mass is 490 g/mol. The lowest BCUT2D eigenvalue weighted by atomic mass is 9.95. The molecule has 2 aromatic heterocycles. The summed E-state index contributed by atoms with van der Waals surface area (Å²) in [5.41, 5.74) is 7.55. The number of nitrogens with zero attached hydrogens (tertiary/aromatic N) is 4. The van der Waals surface area contributed by atoms with E-state index in [1.54, 1.807) is 6.20 Å². The van der Waals surface area contributed by atoms with Crippen molar-refractivity contribution in [1.29, 1.82) is 0 Å². The first-order chi connectivity index (χ1) is 16.2. The highest BCUT2D eigenvalue weighted by atomic mass is 35.5. The molecule has 1 amide bonds. The molecule has 0 atom stereocenters. The summed E-state index contributed by atoms with van der Waals surface area (Å²) in [5, 5.41) is 17.7. The second-order valence-corrected chi connectivity index (χ2v) is 9.64. The Bertz CT molecular complexity index is 1000. The Balaban J connectivity index is 0.000000192. The Morgan fingerprint density at radius 2 is 1.71 bits per heavy atom. The standard InChI is InChI=1S/C13H17N3O2.C10H14ClN3O2/c1-13(2,3)12(18)16-10-7-15-14-6-9(10)11(17)8-4-5-8;11-3-1-2-10(15-4-5-16-10)8-6-13-14-7-9(8)12/h6-8H,4-5H2,1-3H3,(H,14,16,18);6-7H,1-5H2,(H2,12,13). The van der Waals surface area contributed by atoms with Gasteiger partial charge in [0.15, 0.2) is 11.6 Å². The van der Waals surface area contributed by atoms with Gasteiger partial charge < -0.3 is 20.5 Å². The van der Waals surface area contributed by atoms with Crippen molar-refractivity contribution in [2.24, 2.45) is 11.3 Å². The summed E-state index contributed by atoms with van der Waals surface area (Å²) in [7, 11) is 0. The fourth-order valence-electron chi connectivity index (χ4n) is 3.33. The molecule has 2 fully saturated rings. The number of nitrogens with two attached hydrogens (primary N) is 1. The molecule has 3 N–H and O–H groups in total. The number of anilines is 2. The quantitative estimate of drug-likeness (QED) is 0.441. The molecule has 3 heterocycles. The van der Waals surface area contributed by atoms with Crippen LogP contribution in [0.2, 0.25) is 0 Å². The minimum Gasteiger partial charge on any atom is -0.397 e. The maximum atomic E-state index is 12.0. The Labute approximate surface area is 204 Å². The third-order valence-electron chi connectivity index (χ3n) is 5.44. The predicted octanol–water partition coefficient (Wildman–Crippen LogP) is 3.33. The zero-order chi connectivity index (χ0) is 24.8. The van der Waals surface area contributed by atoms with Crippen LogP contribution in [0.15, 0.2) is 24.8 Å². The van der Waals surface area contributed by atoms with Crippen molar-refractivity contribution >= 4 is 34.7 Å². The Morgan fingerprint density at radius 3 is 2.29 bits per heavy atom. The van der Waals surface area contributed by atoms with Gasteiger partial charge in [-0.15, -0.1) is 11.6 Å². The third-order valence-corrected chi connectivity index (χ3v) is 5.71. The smallest absolute Gasteiger partial charge is 0.229 e. The molecule has 2 aromatic rings. The number of carbonyl (C=O) groups is 2. The van der Waals surface area contributed by atoms with Crippen molar-refractivity contribution in [1.82, 2.24) is 20.4 Å². The largest absolute Gasteiger partial charge is 0.397 e. The van der Waals surface area contributed by atoms with Crippen LogP contribution in [0, 0.1) is 11.3 Å². The summed E-state index contributed by atoms with van der Waals surface area (Å²) in [6.45, 7) is 6.58. The van der Waals surface area contributed by atoms with Crippen LogP contribution in [0.25, 0.3) is 0 Å². The molecule has 0 bridgehead atoms. The van der Waals surface area contributed by atoms with Crippen molar-refractivity contribution in [2.45, 2.75) is 52.2 Å². The van der Waals surface area contributed by atoms with E-state index in [0.717, 1.165) is 24.8 Å². The van der Waals surface area contributed by atoms with Gasteiger partial charge in [-0.3, -0.25) is 9.59 Å². The number of rotatable bonds is 7. The first-order valence-corrected chi connectivity index (χ1v) is 11.8. The molecular formula is C23H31ClN6O4. The van der Waals surface area contributed by atoms with Gasteiger partial charge in [-0.05, 0) is 19.3 Å². The number of aromatic nitrogens is 4. The Morgan fingerprint density at radius 1 is 1.09 bits per heavy atom. The van der Waals surface area contributed by atoms with E-state index in [0.29, 0.717) is 42.5 Å². The lowest BCUT2D eigenvalue weighted by Crippen LogP contribution is -2.28. The van der Waals surface area contributed by atoms with E-state index in [9.17, 15) is 9.59 Å². The minimum absolute atomic E-state index is 0.0501. The van der Waals surface area contributed by atoms with E-state index in [2.05, 4.69) is 25.7 Å².